The highest BCUT2D eigenvalue weighted by Gasteiger charge is 2.20. The van der Waals surface area contributed by atoms with Gasteiger partial charge in [-0.05, 0) is 98.4 Å². The summed E-state index contributed by atoms with van der Waals surface area (Å²) in [4.78, 5) is 0. The Morgan fingerprint density at radius 3 is 1.80 bits per heavy atom. The van der Waals surface area contributed by atoms with E-state index in [2.05, 4.69) is 191 Å². The van der Waals surface area contributed by atoms with Gasteiger partial charge in [-0.25, -0.2) is 0 Å². The lowest BCUT2D eigenvalue weighted by atomic mass is 9.97. The van der Waals surface area contributed by atoms with Crippen LogP contribution in [0.5, 0.6) is 0 Å². The highest BCUT2D eigenvalue weighted by atomic mass is 15.0. The van der Waals surface area contributed by atoms with E-state index >= 15 is 0 Å². The molecule has 11 aromatic rings. The molecule has 0 atom stereocenters. The van der Waals surface area contributed by atoms with Gasteiger partial charge >= 0.3 is 0 Å². The number of fused-ring (bicyclic) bond motifs is 10. The molecule has 51 heavy (non-hydrogen) atoms. The van der Waals surface area contributed by atoms with Gasteiger partial charge in [-0.3, -0.25) is 0 Å². The Kier molecular flexibility index (Phi) is 6.05. The van der Waals surface area contributed by atoms with Crippen molar-refractivity contribution >= 4 is 75.9 Å². The molecule has 0 aliphatic carbocycles. The van der Waals surface area contributed by atoms with Gasteiger partial charge in [0.1, 0.15) is 0 Å². The molecule has 2 aromatic heterocycles. The van der Waals surface area contributed by atoms with E-state index in [9.17, 15) is 0 Å². The molecular weight excluding hydrogens is 617 g/mol. The van der Waals surface area contributed by atoms with E-state index < -0.39 is 0 Å². The van der Waals surface area contributed by atoms with Crippen molar-refractivity contribution in [3.05, 3.63) is 193 Å². The van der Waals surface area contributed by atoms with E-state index in [1.54, 1.807) is 0 Å². The summed E-state index contributed by atoms with van der Waals surface area (Å²) in [6.45, 7) is 0. The Labute approximate surface area is 295 Å². The minimum atomic E-state index is 0.875. The minimum absolute atomic E-state index is 0.875. The van der Waals surface area contributed by atoms with Crippen molar-refractivity contribution in [3.8, 4) is 11.4 Å². The second kappa shape index (κ2) is 10.9. The fourth-order valence-corrected chi connectivity index (χ4v) is 8.58. The summed E-state index contributed by atoms with van der Waals surface area (Å²) in [6, 6.07) is 67.1. The zero-order valence-corrected chi connectivity index (χ0v) is 27.9. The van der Waals surface area contributed by atoms with Crippen LogP contribution in [0.15, 0.2) is 182 Å². The summed E-state index contributed by atoms with van der Waals surface area (Å²) in [5.41, 5.74) is 9.85. The number of hydrogen-bond acceptors (Lipinski definition) is 0. The fraction of sp³-hybridized carbons (Fsp3) is 0.0204. The average molecular weight is 649 g/mol. The largest absolute Gasteiger partial charge is 0.309 e. The first-order valence-electron chi connectivity index (χ1n) is 17.7. The molecule has 2 heterocycles. The zero-order valence-electron chi connectivity index (χ0n) is 27.9. The smallest absolute Gasteiger partial charge is 0.0562 e. The lowest BCUT2D eigenvalue weighted by Crippen LogP contribution is -1.98. The van der Waals surface area contributed by atoms with Gasteiger partial charge in [0.15, 0.2) is 0 Å². The van der Waals surface area contributed by atoms with Crippen LogP contribution in [-0.2, 0) is 6.42 Å². The van der Waals surface area contributed by atoms with E-state index in [0.717, 1.165) is 6.42 Å². The van der Waals surface area contributed by atoms with Crippen molar-refractivity contribution in [3.63, 3.8) is 0 Å². The van der Waals surface area contributed by atoms with Gasteiger partial charge in [-0.2, -0.15) is 0 Å². The third-order valence-electron chi connectivity index (χ3n) is 10.9. The Bertz CT molecular complexity index is 3160. The molecule has 2 nitrogen and oxygen atoms in total. The maximum absolute atomic E-state index is 2.49. The number of aromatic nitrogens is 2. The quantitative estimate of drug-likeness (QED) is 0.180. The SMILES string of the molecule is c1ccc(Cc2cc(-n3c4ccccc4c4cc5c6c7ccccc7ccc6n(-c6ccc7ccccc7c6)c5cc43)cc3ccccc23)cc1. The molecule has 11 rings (SSSR count). The summed E-state index contributed by atoms with van der Waals surface area (Å²) in [5, 5.41) is 12.7. The van der Waals surface area contributed by atoms with Crippen molar-refractivity contribution < 1.29 is 0 Å². The molecule has 0 radical (unpaired) electrons. The molecule has 0 amide bonds. The van der Waals surface area contributed by atoms with Crippen molar-refractivity contribution in [2.45, 2.75) is 6.42 Å². The van der Waals surface area contributed by atoms with Crippen molar-refractivity contribution in [1.29, 1.82) is 0 Å². The molecule has 0 aliphatic rings. The summed E-state index contributed by atoms with van der Waals surface area (Å²) >= 11 is 0. The number of hydrogen-bond donors (Lipinski definition) is 0. The number of para-hydroxylation sites is 1. The maximum Gasteiger partial charge on any atom is 0.0562 e. The topological polar surface area (TPSA) is 9.86 Å². The number of nitrogens with zero attached hydrogens (tertiary/aromatic N) is 2. The molecule has 0 unspecified atom stereocenters. The van der Waals surface area contributed by atoms with Gasteiger partial charge in [0.05, 0.1) is 22.1 Å². The summed E-state index contributed by atoms with van der Waals surface area (Å²) in [5.74, 6) is 0. The predicted octanol–water partition coefficient (Wildman–Crippen LogP) is 12.9. The molecule has 0 aliphatic heterocycles. The van der Waals surface area contributed by atoms with Crippen LogP contribution in [0, 0.1) is 0 Å². The molecule has 0 N–H and O–H groups in total. The third-order valence-corrected chi connectivity index (χ3v) is 10.9. The Balaban J connectivity index is 1.27. The standard InChI is InChI=1S/C49H32N2/c1-2-12-32(13-3-1)26-37-29-39(28-36-17-7-8-18-40(36)37)51-45-21-11-10-20-42(45)43-30-44-48(31-47(43)51)50(38-24-22-33-14-4-5-16-35(33)27-38)46-25-23-34-15-6-9-19-41(34)49(44)46/h1-25,27-31H,26H2. The van der Waals surface area contributed by atoms with Crippen molar-refractivity contribution in [1.82, 2.24) is 9.13 Å². The van der Waals surface area contributed by atoms with Crippen LogP contribution >= 0.6 is 0 Å². The number of benzene rings is 9. The molecule has 238 valence electrons. The fourth-order valence-electron chi connectivity index (χ4n) is 8.58. The molecule has 0 saturated carbocycles. The van der Waals surface area contributed by atoms with Crippen LogP contribution in [-0.4, -0.2) is 9.13 Å². The molecule has 0 fully saturated rings. The van der Waals surface area contributed by atoms with Gasteiger partial charge in [0.2, 0.25) is 0 Å². The van der Waals surface area contributed by atoms with Crippen LogP contribution in [0.4, 0.5) is 0 Å². The van der Waals surface area contributed by atoms with Crippen LogP contribution < -0.4 is 0 Å². The Hall–Kier alpha value is -6.64. The molecule has 2 heteroatoms. The second-order valence-corrected chi connectivity index (χ2v) is 13.8. The molecule has 9 aromatic carbocycles. The second-order valence-electron chi connectivity index (χ2n) is 13.8. The van der Waals surface area contributed by atoms with E-state index in [1.807, 2.05) is 0 Å². The zero-order chi connectivity index (χ0) is 33.5. The van der Waals surface area contributed by atoms with Gasteiger partial charge in [-0.15, -0.1) is 0 Å². The van der Waals surface area contributed by atoms with E-state index in [0.29, 0.717) is 0 Å². The maximum atomic E-state index is 2.49. The first-order valence-corrected chi connectivity index (χ1v) is 17.7. The number of rotatable bonds is 4. The lowest BCUT2D eigenvalue weighted by molar-refractivity contribution is 1.15. The first-order chi connectivity index (χ1) is 25.3. The van der Waals surface area contributed by atoms with Gasteiger partial charge in [-0.1, -0.05) is 133 Å². The van der Waals surface area contributed by atoms with Crippen LogP contribution in [0.25, 0.3) is 87.3 Å². The van der Waals surface area contributed by atoms with Crippen molar-refractivity contribution in [2.75, 3.05) is 0 Å². The average Bonchev–Trinajstić information content (AvgIpc) is 3.69. The normalized spacial score (nSPS) is 12.0. The Morgan fingerprint density at radius 1 is 0.314 bits per heavy atom. The predicted molar refractivity (Wildman–Crippen MR) is 217 cm³/mol. The van der Waals surface area contributed by atoms with Crippen LogP contribution in [0.3, 0.4) is 0 Å². The Morgan fingerprint density at radius 2 is 0.941 bits per heavy atom. The lowest BCUT2D eigenvalue weighted by Gasteiger charge is -2.14. The van der Waals surface area contributed by atoms with Gasteiger partial charge in [0, 0.05) is 32.9 Å². The summed E-state index contributed by atoms with van der Waals surface area (Å²) in [6.07, 6.45) is 0.875. The van der Waals surface area contributed by atoms with E-state index in [-0.39, 0.29) is 0 Å². The third kappa shape index (κ3) is 4.30. The molecule has 0 saturated heterocycles. The summed E-state index contributed by atoms with van der Waals surface area (Å²) in [7, 11) is 0. The van der Waals surface area contributed by atoms with Crippen molar-refractivity contribution in [2.24, 2.45) is 0 Å². The molecular formula is C49H32N2. The molecule has 0 bridgehead atoms. The minimum Gasteiger partial charge on any atom is -0.309 e. The van der Waals surface area contributed by atoms with E-state index in [1.165, 1.54) is 98.4 Å². The molecule has 0 spiro atoms. The first kappa shape index (κ1) is 28.2. The highest BCUT2D eigenvalue weighted by Crippen LogP contribution is 2.42. The van der Waals surface area contributed by atoms with Gasteiger partial charge in [0.25, 0.3) is 0 Å². The van der Waals surface area contributed by atoms with E-state index in [4.69, 9.17) is 0 Å². The van der Waals surface area contributed by atoms with Crippen LogP contribution in [0.1, 0.15) is 11.1 Å². The van der Waals surface area contributed by atoms with Crippen LogP contribution in [0.2, 0.25) is 0 Å². The highest BCUT2D eigenvalue weighted by molar-refractivity contribution is 6.25. The van der Waals surface area contributed by atoms with Gasteiger partial charge < -0.3 is 9.13 Å². The summed E-state index contributed by atoms with van der Waals surface area (Å²) < 4.78 is 4.97. The monoisotopic (exact) mass is 648 g/mol.